The van der Waals surface area contributed by atoms with E-state index in [9.17, 15) is 13.6 Å². The average Bonchev–Trinajstić information content (AvgIpc) is 2.37. The van der Waals surface area contributed by atoms with Crippen molar-refractivity contribution in [2.24, 2.45) is 0 Å². The Balaban J connectivity index is 0.00000361. The molecule has 1 aromatic carbocycles. The highest BCUT2D eigenvalue weighted by atomic mass is 35.5. The summed E-state index contributed by atoms with van der Waals surface area (Å²) in [5.74, 6) is -2.36. The number of carbonyl (C=O) groups is 1. The standard InChI is InChI=1S/C12H15ClF2N2O2.ClH/c1-19-5-4-16-2-3-17-12(18)8-6-11(15)9(13)7-10(8)14;/h6-7,16H,2-5H2,1H3,(H,17,18);1H. The van der Waals surface area contributed by atoms with E-state index in [2.05, 4.69) is 10.6 Å². The lowest BCUT2D eigenvalue weighted by atomic mass is 10.2. The Hall–Kier alpha value is -0.950. The number of nitrogens with one attached hydrogen (secondary N) is 2. The molecule has 0 fully saturated rings. The molecule has 20 heavy (non-hydrogen) atoms. The lowest BCUT2D eigenvalue weighted by Gasteiger charge is -2.08. The van der Waals surface area contributed by atoms with Crippen LogP contribution >= 0.6 is 24.0 Å². The van der Waals surface area contributed by atoms with Crippen molar-refractivity contribution >= 4 is 29.9 Å². The van der Waals surface area contributed by atoms with Crippen molar-refractivity contribution in [1.29, 1.82) is 0 Å². The molecule has 0 spiro atoms. The highest BCUT2D eigenvalue weighted by Crippen LogP contribution is 2.19. The first-order chi connectivity index (χ1) is 9.06. The van der Waals surface area contributed by atoms with Crippen LogP contribution in [0.5, 0.6) is 0 Å². The fourth-order valence-electron chi connectivity index (χ4n) is 1.36. The van der Waals surface area contributed by atoms with Crippen molar-refractivity contribution in [1.82, 2.24) is 10.6 Å². The molecule has 2 N–H and O–H groups in total. The van der Waals surface area contributed by atoms with Crippen molar-refractivity contribution in [3.8, 4) is 0 Å². The van der Waals surface area contributed by atoms with Crippen LogP contribution in [0.3, 0.4) is 0 Å². The van der Waals surface area contributed by atoms with Gasteiger partial charge in [-0.1, -0.05) is 11.6 Å². The molecule has 1 rings (SSSR count). The van der Waals surface area contributed by atoms with E-state index >= 15 is 0 Å². The van der Waals surface area contributed by atoms with Gasteiger partial charge in [-0.15, -0.1) is 12.4 Å². The van der Waals surface area contributed by atoms with Crippen molar-refractivity contribution in [2.45, 2.75) is 0 Å². The number of benzene rings is 1. The number of carbonyl (C=O) groups excluding carboxylic acids is 1. The van der Waals surface area contributed by atoms with Gasteiger partial charge in [-0.25, -0.2) is 8.78 Å². The largest absolute Gasteiger partial charge is 0.383 e. The van der Waals surface area contributed by atoms with Gasteiger partial charge >= 0.3 is 0 Å². The molecule has 8 heteroatoms. The monoisotopic (exact) mass is 328 g/mol. The third kappa shape index (κ3) is 6.00. The molecule has 4 nitrogen and oxygen atoms in total. The van der Waals surface area contributed by atoms with Crippen LogP contribution in [0.2, 0.25) is 5.02 Å². The minimum absolute atomic E-state index is 0. The van der Waals surface area contributed by atoms with Crippen LogP contribution in [0.4, 0.5) is 8.78 Å². The van der Waals surface area contributed by atoms with E-state index in [1.165, 1.54) is 0 Å². The fourth-order valence-corrected chi connectivity index (χ4v) is 1.51. The van der Waals surface area contributed by atoms with E-state index in [0.717, 1.165) is 12.1 Å². The second-order valence-electron chi connectivity index (χ2n) is 3.74. The second-order valence-corrected chi connectivity index (χ2v) is 4.15. The van der Waals surface area contributed by atoms with Crippen LogP contribution in [0.1, 0.15) is 10.4 Å². The topological polar surface area (TPSA) is 50.4 Å². The Morgan fingerprint density at radius 2 is 1.95 bits per heavy atom. The molecule has 0 saturated carbocycles. The summed E-state index contributed by atoms with van der Waals surface area (Å²) < 4.78 is 31.4. The predicted molar refractivity (Wildman–Crippen MR) is 75.7 cm³/mol. The van der Waals surface area contributed by atoms with Gasteiger partial charge in [0.15, 0.2) is 0 Å². The van der Waals surface area contributed by atoms with Crippen molar-refractivity contribution in [2.75, 3.05) is 33.4 Å². The zero-order chi connectivity index (χ0) is 14.3. The lowest BCUT2D eigenvalue weighted by molar-refractivity contribution is 0.0949. The molecular formula is C12H16Cl2F2N2O2. The molecule has 0 aliphatic rings. The van der Waals surface area contributed by atoms with Crippen LogP contribution in [0.25, 0.3) is 0 Å². The summed E-state index contributed by atoms with van der Waals surface area (Å²) in [5.41, 5.74) is -0.362. The third-order valence-corrected chi connectivity index (χ3v) is 2.61. The van der Waals surface area contributed by atoms with Crippen LogP contribution in [0.15, 0.2) is 12.1 Å². The summed E-state index contributed by atoms with van der Waals surface area (Å²) in [6.07, 6.45) is 0. The maximum Gasteiger partial charge on any atom is 0.254 e. The Bertz CT molecular complexity index is 448. The molecule has 0 radical (unpaired) electrons. The number of amides is 1. The number of ether oxygens (including phenoxy) is 1. The summed E-state index contributed by atoms with van der Waals surface area (Å²) in [4.78, 5) is 11.6. The smallest absolute Gasteiger partial charge is 0.254 e. The van der Waals surface area contributed by atoms with Gasteiger partial charge in [0.25, 0.3) is 5.91 Å². The first-order valence-electron chi connectivity index (χ1n) is 5.68. The fraction of sp³-hybridized carbons (Fsp3) is 0.417. The summed E-state index contributed by atoms with van der Waals surface area (Å²) in [6.45, 7) is 2.01. The molecule has 0 unspecified atom stereocenters. The Labute approximate surface area is 127 Å². The SMILES string of the molecule is COCCNCCNC(=O)c1cc(F)c(Cl)cc1F.Cl. The first kappa shape index (κ1) is 19.1. The number of halogens is 4. The molecule has 114 valence electrons. The van der Waals surface area contributed by atoms with Gasteiger partial charge in [0, 0.05) is 26.7 Å². The minimum atomic E-state index is -0.851. The Morgan fingerprint density at radius 1 is 1.25 bits per heavy atom. The average molecular weight is 329 g/mol. The summed E-state index contributed by atoms with van der Waals surface area (Å²) in [5, 5.41) is 5.12. The van der Waals surface area contributed by atoms with Crippen LogP contribution < -0.4 is 10.6 Å². The molecule has 0 saturated heterocycles. The zero-order valence-corrected chi connectivity index (χ0v) is 12.4. The van der Waals surface area contributed by atoms with E-state index in [1.807, 2.05) is 0 Å². The van der Waals surface area contributed by atoms with Gasteiger partial charge in [-0.05, 0) is 12.1 Å². The lowest BCUT2D eigenvalue weighted by Crippen LogP contribution is -2.33. The van der Waals surface area contributed by atoms with Gasteiger partial charge < -0.3 is 15.4 Å². The molecule has 0 heterocycles. The number of hydrogen-bond acceptors (Lipinski definition) is 3. The predicted octanol–water partition coefficient (Wildman–Crippen LogP) is 2.01. The van der Waals surface area contributed by atoms with Crippen LogP contribution in [-0.4, -0.2) is 39.3 Å². The quantitative estimate of drug-likeness (QED) is 0.594. The van der Waals surface area contributed by atoms with Crippen molar-refractivity contribution < 1.29 is 18.3 Å². The van der Waals surface area contributed by atoms with Gasteiger partial charge in [0.1, 0.15) is 11.6 Å². The third-order valence-electron chi connectivity index (χ3n) is 2.32. The molecule has 0 aromatic heterocycles. The molecule has 0 aliphatic heterocycles. The molecule has 0 aliphatic carbocycles. The second kappa shape index (κ2) is 9.88. The maximum atomic E-state index is 13.4. The minimum Gasteiger partial charge on any atom is -0.383 e. The number of methoxy groups -OCH3 is 1. The first-order valence-corrected chi connectivity index (χ1v) is 6.06. The molecule has 1 aromatic rings. The molecule has 0 bridgehead atoms. The number of hydrogen-bond donors (Lipinski definition) is 2. The van der Waals surface area contributed by atoms with E-state index in [-0.39, 0.29) is 23.0 Å². The highest BCUT2D eigenvalue weighted by molar-refractivity contribution is 6.30. The summed E-state index contributed by atoms with van der Waals surface area (Å²) in [7, 11) is 1.58. The highest BCUT2D eigenvalue weighted by Gasteiger charge is 2.14. The summed E-state index contributed by atoms with van der Waals surface area (Å²) >= 11 is 5.40. The van der Waals surface area contributed by atoms with Gasteiger partial charge in [0.05, 0.1) is 17.2 Å². The van der Waals surface area contributed by atoms with Crippen molar-refractivity contribution in [3.63, 3.8) is 0 Å². The van der Waals surface area contributed by atoms with E-state index in [1.54, 1.807) is 7.11 Å². The van der Waals surface area contributed by atoms with Crippen molar-refractivity contribution in [3.05, 3.63) is 34.4 Å². The molecular weight excluding hydrogens is 313 g/mol. The number of rotatable bonds is 7. The molecule has 1 amide bonds. The van der Waals surface area contributed by atoms with E-state index in [0.29, 0.717) is 26.2 Å². The van der Waals surface area contributed by atoms with Crippen LogP contribution in [-0.2, 0) is 4.74 Å². The molecule has 0 atom stereocenters. The zero-order valence-electron chi connectivity index (χ0n) is 10.8. The van der Waals surface area contributed by atoms with Crippen LogP contribution in [0, 0.1) is 11.6 Å². The van der Waals surface area contributed by atoms with Gasteiger partial charge in [-0.2, -0.15) is 0 Å². The van der Waals surface area contributed by atoms with Gasteiger partial charge in [0.2, 0.25) is 0 Å². The maximum absolute atomic E-state index is 13.4. The van der Waals surface area contributed by atoms with E-state index < -0.39 is 17.5 Å². The Morgan fingerprint density at radius 3 is 2.60 bits per heavy atom. The summed E-state index contributed by atoms with van der Waals surface area (Å²) in [6, 6.07) is 1.56. The van der Waals surface area contributed by atoms with Gasteiger partial charge in [-0.3, -0.25) is 4.79 Å². The Kier molecular flexibility index (Phi) is 9.41. The normalized spacial score (nSPS) is 10.0. The van der Waals surface area contributed by atoms with E-state index in [4.69, 9.17) is 16.3 Å².